The molecule has 4 aliphatic rings. The number of ether oxygens (including phenoxy) is 2. The molecule has 4 aromatic carbocycles. The van der Waals surface area contributed by atoms with Crippen LogP contribution in [0.4, 0.5) is 11.4 Å². The molecule has 6 atom stereocenters. The lowest BCUT2D eigenvalue weighted by molar-refractivity contribution is -0.138. The maximum Gasteiger partial charge on any atom is 0.488 e. The molecule has 2 heterocycles. The number of phenols is 1. The van der Waals surface area contributed by atoms with Crippen LogP contribution >= 0.6 is 23.2 Å². The second-order valence-corrected chi connectivity index (χ2v) is 15.2. The fourth-order valence-corrected chi connectivity index (χ4v) is 9.76. The van der Waals surface area contributed by atoms with Gasteiger partial charge in [0, 0.05) is 16.5 Å². The number of hydrogen-bond donors (Lipinski definition) is 4. The number of rotatable bonds is 9. The monoisotopic (exact) mass is 795 g/mol. The Bertz CT molecular complexity index is 2320. The number of methoxy groups -OCH3 is 1. The minimum atomic E-state index is -1.83. The molecule has 1 saturated carbocycles. The van der Waals surface area contributed by atoms with E-state index in [9.17, 15) is 29.5 Å². The molecule has 4 aromatic rings. The molecule has 4 amide bonds. The number of carbonyl (C=O) groups excluding carboxylic acids is 4. The summed E-state index contributed by atoms with van der Waals surface area (Å²) >= 11 is 12.7. The number of phenolic OH excluding ortho intramolecular Hbond substituents is 1. The van der Waals surface area contributed by atoms with E-state index in [2.05, 4.69) is 5.43 Å². The third-order valence-electron chi connectivity index (χ3n) is 11.6. The minimum absolute atomic E-state index is 0.000793. The summed E-state index contributed by atoms with van der Waals surface area (Å²) < 4.78 is 11.3. The van der Waals surface area contributed by atoms with E-state index in [4.69, 9.17) is 32.7 Å². The van der Waals surface area contributed by atoms with Gasteiger partial charge in [0.1, 0.15) is 5.75 Å². The number of allylic oxidation sites excluding steroid dienone is 2. The average Bonchev–Trinajstić information content (AvgIpc) is 3.57. The molecule has 286 valence electrons. The third kappa shape index (κ3) is 5.67. The molecule has 15 heteroatoms. The normalized spacial score (nSPS) is 25.4. The molecular formula is C41H36BCl2N3O9. The number of halogens is 2. The van der Waals surface area contributed by atoms with Crippen LogP contribution in [-0.4, -0.2) is 64.6 Å². The van der Waals surface area contributed by atoms with Crippen LogP contribution in [0.25, 0.3) is 0 Å². The first kappa shape index (κ1) is 37.6. The molecule has 56 heavy (non-hydrogen) atoms. The summed E-state index contributed by atoms with van der Waals surface area (Å²) in [6.07, 6.45) is 2.01. The molecular weight excluding hydrogens is 760 g/mol. The number of benzene rings is 4. The second-order valence-electron chi connectivity index (χ2n) is 14.3. The largest absolute Gasteiger partial charge is 0.504 e. The predicted molar refractivity (Wildman–Crippen MR) is 209 cm³/mol. The zero-order chi connectivity index (χ0) is 39.6. The number of fused-ring (bicyclic) bond motifs is 4. The van der Waals surface area contributed by atoms with Gasteiger partial charge in [0.05, 0.1) is 53.3 Å². The highest BCUT2D eigenvalue weighted by Gasteiger charge is 2.70. The van der Waals surface area contributed by atoms with E-state index < -0.39 is 65.8 Å². The smallest absolute Gasteiger partial charge is 0.488 e. The van der Waals surface area contributed by atoms with E-state index in [-0.39, 0.29) is 52.8 Å². The maximum absolute atomic E-state index is 15.5. The van der Waals surface area contributed by atoms with Crippen LogP contribution < -0.4 is 25.3 Å². The van der Waals surface area contributed by atoms with Gasteiger partial charge in [-0.1, -0.05) is 71.2 Å². The second kappa shape index (κ2) is 14.3. The highest BCUT2D eigenvalue weighted by atomic mass is 35.5. The Morgan fingerprint density at radius 1 is 0.911 bits per heavy atom. The zero-order valence-electron chi connectivity index (χ0n) is 30.2. The van der Waals surface area contributed by atoms with Crippen LogP contribution in [0.3, 0.4) is 0 Å². The summed E-state index contributed by atoms with van der Waals surface area (Å²) in [6, 6.07) is 22.4. The maximum atomic E-state index is 15.5. The van der Waals surface area contributed by atoms with E-state index in [0.717, 1.165) is 9.91 Å². The fraction of sp³-hybridized carbons (Fsp3) is 0.268. The molecule has 12 nitrogen and oxygen atoms in total. The molecule has 2 aliphatic heterocycles. The lowest BCUT2D eigenvalue weighted by Crippen LogP contribution is -2.53. The van der Waals surface area contributed by atoms with E-state index in [1.54, 1.807) is 67.6 Å². The van der Waals surface area contributed by atoms with E-state index >= 15 is 4.79 Å². The topological polar surface area (TPSA) is 166 Å². The molecule has 0 radical (unpaired) electrons. The van der Waals surface area contributed by atoms with Crippen LogP contribution in [0.5, 0.6) is 17.2 Å². The van der Waals surface area contributed by atoms with E-state index in [1.807, 2.05) is 6.08 Å². The predicted octanol–water partition coefficient (Wildman–Crippen LogP) is 4.98. The summed E-state index contributed by atoms with van der Waals surface area (Å²) in [4.78, 5) is 60.3. The standard InChI is InChI=1S/C41H36BCl2N3O9/c1-3-56-33-9-5-8-28(36(33)48)35-26-15-16-27-34(39(51)46(37(27)49)24-7-4-6-22(18-24)42(53)54)29(26)20-30-38(50)47(45-32-17-12-23(43)19-31(32)44)40(52)41(30,35)21-10-13-25(55-2)14-11-21/h4-15,17-19,27,29-30,34-35,45,48,53-54H,3,16,20H2,1-2H3. The van der Waals surface area contributed by atoms with Crippen molar-refractivity contribution in [2.45, 2.75) is 31.1 Å². The molecule has 2 saturated heterocycles. The Balaban J connectivity index is 1.34. The van der Waals surface area contributed by atoms with Crippen molar-refractivity contribution >= 4 is 70.8 Å². The van der Waals surface area contributed by atoms with Gasteiger partial charge < -0.3 is 24.6 Å². The number of amides is 4. The van der Waals surface area contributed by atoms with Gasteiger partial charge in [-0.25, -0.2) is 0 Å². The number of imide groups is 2. The number of nitrogens with zero attached hydrogens (tertiary/aromatic N) is 2. The number of hydrazine groups is 1. The van der Waals surface area contributed by atoms with Crippen LogP contribution in [-0.2, 0) is 24.6 Å². The summed E-state index contributed by atoms with van der Waals surface area (Å²) in [5.74, 6) is -6.34. The fourth-order valence-electron chi connectivity index (χ4n) is 9.31. The van der Waals surface area contributed by atoms with Gasteiger partial charge in [-0.05, 0) is 85.2 Å². The van der Waals surface area contributed by atoms with E-state index in [1.165, 1.54) is 31.4 Å². The minimum Gasteiger partial charge on any atom is -0.504 e. The Morgan fingerprint density at radius 2 is 1.66 bits per heavy atom. The lowest BCUT2D eigenvalue weighted by atomic mass is 9.49. The van der Waals surface area contributed by atoms with Gasteiger partial charge in [-0.15, -0.1) is 0 Å². The van der Waals surface area contributed by atoms with E-state index in [0.29, 0.717) is 27.5 Å². The Hall–Kier alpha value is -5.34. The van der Waals surface area contributed by atoms with Crippen molar-refractivity contribution in [3.8, 4) is 17.2 Å². The average molecular weight is 796 g/mol. The molecule has 0 aromatic heterocycles. The molecule has 2 aliphatic carbocycles. The lowest BCUT2D eigenvalue weighted by Gasteiger charge is -2.50. The highest BCUT2D eigenvalue weighted by Crippen LogP contribution is 2.65. The van der Waals surface area contributed by atoms with Gasteiger partial charge in [0.25, 0.3) is 11.8 Å². The van der Waals surface area contributed by atoms with Crippen molar-refractivity contribution < 1.29 is 43.8 Å². The van der Waals surface area contributed by atoms with Crippen molar-refractivity contribution in [3.05, 3.63) is 118 Å². The number of para-hydroxylation sites is 1. The number of anilines is 2. The van der Waals surface area contributed by atoms with Gasteiger partial charge in [0.15, 0.2) is 11.5 Å². The first-order valence-electron chi connectivity index (χ1n) is 18.1. The zero-order valence-corrected chi connectivity index (χ0v) is 31.7. The summed E-state index contributed by atoms with van der Waals surface area (Å²) in [6.45, 7) is 2.01. The Morgan fingerprint density at radius 3 is 2.36 bits per heavy atom. The van der Waals surface area contributed by atoms with Crippen LogP contribution in [0, 0.1) is 23.7 Å². The van der Waals surface area contributed by atoms with Gasteiger partial charge in [0.2, 0.25) is 11.8 Å². The molecule has 6 unspecified atom stereocenters. The van der Waals surface area contributed by atoms with Crippen molar-refractivity contribution in [1.82, 2.24) is 5.01 Å². The van der Waals surface area contributed by atoms with Crippen LogP contribution in [0.1, 0.15) is 36.8 Å². The van der Waals surface area contributed by atoms with Crippen LogP contribution in [0.15, 0.2) is 96.6 Å². The van der Waals surface area contributed by atoms with Gasteiger partial charge in [-0.2, -0.15) is 5.01 Å². The number of carbonyl (C=O) groups is 4. The Kier molecular flexibility index (Phi) is 9.60. The molecule has 0 bridgehead atoms. The van der Waals surface area contributed by atoms with Crippen LogP contribution in [0.2, 0.25) is 10.0 Å². The number of aromatic hydroxyl groups is 1. The third-order valence-corrected chi connectivity index (χ3v) is 12.2. The van der Waals surface area contributed by atoms with Crippen molar-refractivity contribution in [1.29, 1.82) is 0 Å². The van der Waals surface area contributed by atoms with Crippen molar-refractivity contribution in [3.63, 3.8) is 0 Å². The molecule has 0 spiro atoms. The summed E-state index contributed by atoms with van der Waals surface area (Å²) in [5.41, 5.74) is 3.20. The van der Waals surface area contributed by atoms with Gasteiger partial charge in [-0.3, -0.25) is 29.5 Å². The summed E-state index contributed by atoms with van der Waals surface area (Å²) in [7, 11) is -0.310. The Labute approximate surface area is 332 Å². The number of nitrogens with one attached hydrogen (secondary N) is 1. The van der Waals surface area contributed by atoms with Crippen molar-refractivity contribution in [2.75, 3.05) is 24.0 Å². The highest BCUT2D eigenvalue weighted by molar-refractivity contribution is 6.58. The molecule has 8 rings (SSSR count). The quantitative estimate of drug-likeness (QED) is 0.103. The summed E-state index contributed by atoms with van der Waals surface area (Å²) in [5, 5.41) is 33.2. The molecule has 3 fully saturated rings. The SMILES string of the molecule is CCOc1cccc(C2C3=CCC4C(=O)N(c5cccc(B(O)O)c5)C(=O)C4C3CC3C(=O)N(Nc4ccc(Cl)cc4Cl)C(=O)C32c2ccc(OC)cc2)c1O. The van der Waals surface area contributed by atoms with Gasteiger partial charge >= 0.3 is 7.12 Å². The first-order valence-corrected chi connectivity index (χ1v) is 18.9. The number of hydrogen-bond acceptors (Lipinski definition) is 10. The molecule has 4 N–H and O–H groups in total. The first-order chi connectivity index (χ1) is 26.9. The van der Waals surface area contributed by atoms with Crippen molar-refractivity contribution in [2.24, 2.45) is 23.7 Å².